The third kappa shape index (κ3) is 4.51. The number of hydrogen-bond acceptors (Lipinski definition) is 7. The van der Waals surface area contributed by atoms with Crippen LogP contribution in [0.3, 0.4) is 0 Å². The standard InChI is InChI=1S/C28H33N5O3S/c1-16(2)25(19-12-30-32(5)13-19)27(36)33-14-21(34)10-23(33)22-11-24(35)28(4,31-22)20-8-6-18(7-9-20)26-17(3)29-15-37-26/h6-9,11-13,15-16,21,23,25,31,34H,10,14H2,1-5H3/t21-,23+,25+,28+/m1/s1. The van der Waals surface area contributed by atoms with Gasteiger partial charge in [-0.2, -0.15) is 5.10 Å². The summed E-state index contributed by atoms with van der Waals surface area (Å²) in [5.41, 5.74) is 5.32. The molecule has 0 bridgehead atoms. The van der Waals surface area contributed by atoms with Crippen LogP contribution in [-0.4, -0.2) is 55.2 Å². The predicted molar refractivity (Wildman–Crippen MR) is 143 cm³/mol. The van der Waals surface area contributed by atoms with Crippen molar-refractivity contribution in [2.75, 3.05) is 6.54 Å². The molecule has 2 aliphatic heterocycles. The summed E-state index contributed by atoms with van der Waals surface area (Å²) in [5, 5.41) is 18.3. The summed E-state index contributed by atoms with van der Waals surface area (Å²) in [7, 11) is 1.83. The monoisotopic (exact) mass is 519 g/mol. The molecule has 0 aliphatic carbocycles. The average Bonchev–Trinajstić information content (AvgIpc) is 3.62. The van der Waals surface area contributed by atoms with Crippen LogP contribution in [0, 0.1) is 12.8 Å². The number of aryl methyl sites for hydroxylation is 2. The lowest BCUT2D eigenvalue weighted by Crippen LogP contribution is -2.46. The van der Waals surface area contributed by atoms with Gasteiger partial charge >= 0.3 is 0 Å². The van der Waals surface area contributed by atoms with Crippen molar-refractivity contribution in [1.29, 1.82) is 0 Å². The number of ketones is 1. The molecule has 2 aliphatic rings. The summed E-state index contributed by atoms with van der Waals surface area (Å²) in [6, 6.07) is 7.58. The third-order valence-corrected chi connectivity index (χ3v) is 8.56. The number of aromatic nitrogens is 3. The average molecular weight is 520 g/mol. The van der Waals surface area contributed by atoms with Gasteiger partial charge in [0.2, 0.25) is 5.91 Å². The maximum absolute atomic E-state index is 13.8. The van der Waals surface area contributed by atoms with E-state index in [-0.39, 0.29) is 30.1 Å². The number of hydrogen-bond donors (Lipinski definition) is 2. The highest BCUT2D eigenvalue weighted by Crippen LogP contribution is 2.37. The molecule has 1 fully saturated rings. The van der Waals surface area contributed by atoms with Gasteiger partial charge in [-0.1, -0.05) is 38.1 Å². The molecule has 8 nitrogen and oxygen atoms in total. The molecule has 5 rings (SSSR count). The number of rotatable bonds is 6. The molecule has 0 saturated carbocycles. The van der Waals surface area contributed by atoms with E-state index in [0.717, 1.165) is 27.3 Å². The van der Waals surface area contributed by atoms with Gasteiger partial charge in [0.05, 0.1) is 40.3 Å². The Balaban J connectivity index is 1.39. The number of aliphatic hydroxyl groups excluding tert-OH is 1. The van der Waals surface area contributed by atoms with Gasteiger partial charge < -0.3 is 15.3 Å². The highest BCUT2D eigenvalue weighted by Gasteiger charge is 2.46. The van der Waals surface area contributed by atoms with E-state index < -0.39 is 17.7 Å². The van der Waals surface area contributed by atoms with E-state index in [1.54, 1.807) is 33.2 Å². The molecule has 9 heteroatoms. The second kappa shape index (κ2) is 9.54. The van der Waals surface area contributed by atoms with Crippen molar-refractivity contribution >= 4 is 23.0 Å². The van der Waals surface area contributed by atoms with E-state index in [4.69, 9.17) is 0 Å². The fourth-order valence-electron chi connectivity index (χ4n) is 5.54. The highest BCUT2D eigenvalue weighted by molar-refractivity contribution is 7.13. The second-order valence-electron chi connectivity index (χ2n) is 10.6. The Morgan fingerprint density at radius 1 is 1.27 bits per heavy atom. The molecule has 2 aromatic heterocycles. The Labute approximate surface area is 221 Å². The quantitative estimate of drug-likeness (QED) is 0.517. The minimum absolute atomic E-state index is 0.0493. The van der Waals surface area contributed by atoms with Crippen LogP contribution in [0.15, 0.2) is 53.9 Å². The maximum Gasteiger partial charge on any atom is 0.231 e. The lowest BCUT2D eigenvalue weighted by Gasteiger charge is -2.33. The van der Waals surface area contributed by atoms with E-state index in [1.165, 1.54) is 0 Å². The predicted octanol–water partition coefficient (Wildman–Crippen LogP) is 3.53. The number of thiazole rings is 1. The van der Waals surface area contributed by atoms with Gasteiger partial charge in [0.25, 0.3) is 0 Å². The van der Waals surface area contributed by atoms with E-state index in [2.05, 4.69) is 15.4 Å². The number of nitrogens with one attached hydrogen (secondary N) is 1. The molecule has 37 heavy (non-hydrogen) atoms. The summed E-state index contributed by atoms with van der Waals surface area (Å²) in [4.78, 5) is 34.3. The molecule has 194 valence electrons. The molecule has 4 heterocycles. The number of nitrogens with zero attached hydrogens (tertiary/aromatic N) is 4. The second-order valence-corrected chi connectivity index (χ2v) is 11.5. The van der Waals surface area contributed by atoms with E-state index >= 15 is 0 Å². The van der Waals surface area contributed by atoms with Crippen LogP contribution in [-0.2, 0) is 22.2 Å². The number of aliphatic hydroxyl groups is 1. The van der Waals surface area contributed by atoms with E-state index in [9.17, 15) is 14.7 Å². The molecule has 4 atom stereocenters. The zero-order valence-corrected chi connectivity index (χ0v) is 22.6. The zero-order valence-electron chi connectivity index (χ0n) is 21.8. The molecule has 1 amide bonds. The first-order valence-electron chi connectivity index (χ1n) is 12.6. The SMILES string of the molecule is Cc1ncsc1-c1ccc([C@]2(C)NC([C@@H]3C[C@@H](O)CN3C(=O)[C@H](c3cnn(C)c3)C(C)C)=CC2=O)cc1. The zero-order chi connectivity index (χ0) is 26.5. The van der Waals surface area contributed by atoms with Crippen LogP contribution >= 0.6 is 11.3 Å². The smallest absolute Gasteiger partial charge is 0.231 e. The van der Waals surface area contributed by atoms with Crippen molar-refractivity contribution in [1.82, 2.24) is 25.0 Å². The van der Waals surface area contributed by atoms with Crippen molar-refractivity contribution in [2.24, 2.45) is 13.0 Å². The molecule has 0 spiro atoms. The summed E-state index contributed by atoms with van der Waals surface area (Å²) in [6.07, 6.45) is 4.94. The van der Waals surface area contributed by atoms with Gasteiger partial charge in [-0.05, 0) is 30.9 Å². The van der Waals surface area contributed by atoms with Gasteiger partial charge in [-0.3, -0.25) is 14.3 Å². The summed E-state index contributed by atoms with van der Waals surface area (Å²) in [5.74, 6) is -0.454. The van der Waals surface area contributed by atoms with Crippen molar-refractivity contribution in [3.8, 4) is 10.4 Å². The van der Waals surface area contributed by atoms with Gasteiger partial charge in [-0.15, -0.1) is 11.3 Å². The van der Waals surface area contributed by atoms with Crippen LogP contribution in [0.5, 0.6) is 0 Å². The molecule has 0 radical (unpaired) electrons. The normalized spacial score (nSPS) is 24.5. The van der Waals surface area contributed by atoms with Crippen molar-refractivity contribution in [3.63, 3.8) is 0 Å². The van der Waals surface area contributed by atoms with E-state index in [1.807, 2.05) is 70.7 Å². The molecule has 3 aromatic rings. The van der Waals surface area contributed by atoms with Gasteiger partial charge in [0, 0.05) is 43.5 Å². The summed E-state index contributed by atoms with van der Waals surface area (Å²) in [6.45, 7) is 8.13. The number of β-amino-alcohol motifs (C(OH)–C–C–N with tert-alkyl or cyclic N) is 1. The molecule has 1 aromatic carbocycles. The van der Waals surface area contributed by atoms with Crippen LogP contribution in [0.1, 0.15) is 49.9 Å². The Morgan fingerprint density at radius 2 is 2.00 bits per heavy atom. The van der Waals surface area contributed by atoms with Crippen molar-refractivity contribution in [2.45, 2.75) is 57.7 Å². The Morgan fingerprint density at radius 3 is 2.59 bits per heavy atom. The Bertz CT molecular complexity index is 1360. The maximum atomic E-state index is 13.8. The lowest BCUT2D eigenvalue weighted by molar-refractivity contribution is -0.134. The number of carbonyl (C=O) groups excluding carboxylic acids is 2. The highest BCUT2D eigenvalue weighted by atomic mass is 32.1. The first-order valence-corrected chi connectivity index (χ1v) is 13.5. The van der Waals surface area contributed by atoms with Crippen LogP contribution in [0.25, 0.3) is 10.4 Å². The van der Waals surface area contributed by atoms with E-state index in [0.29, 0.717) is 12.1 Å². The molecule has 2 N–H and O–H groups in total. The minimum Gasteiger partial charge on any atom is -0.391 e. The fraction of sp³-hybridized carbons (Fsp3) is 0.429. The number of benzene rings is 1. The molecule has 1 saturated heterocycles. The Kier molecular flexibility index (Phi) is 6.53. The first-order chi connectivity index (χ1) is 17.6. The van der Waals surface area contributed by atoms with Crippen LogP contribution in [0.4, 0.5) is 0 Å². The third-order valence-electron chi connectivity index (χ3n) is 7.58. The molecular formula is C28H33N5O3S. The van der Waals surface area contributed by atoms with Gasteiger partial charge in [0.15, 0.2) is 5.78 Å². The Hall–Kier alpha value is -3.30. The lowest BCUT2D eigenvalue weighted by atomic mass is 9.88. The number of amides is 1. The molecule has 0 unspecified atom stereocenters. The minimum atomic E-state index is -0.945. The summed E-state index contributed by atoms with van der Waals surface area (Å²) < 4.78 is 1.70. The molecular weight excluding hydrogens is 486 g/mol. The fourth-order valence-corrected chi connectivity index (χ4v) is 6.36. The van der Waals surface area contributed by atoms with Crippen molar-refractivity contribution in [3.05, 3.63) is 70.8 Å². The largest absolute Gasteiger partial charge is 0.391 e. The summed E-state index contributed by atoms with van der Waals surface area (Å²) >= 11 is 1.59. The van der Waals surface area contributed by atoms with Crippen molar-refractivity contribution < 1.29 is 14.7 Å². The van der Waals surface area contributed by atoms with Crippen LogP contribution in [0.2, 0.25) is 0 Å². The first kappa shape index (κ1) is 25.4. The van der Waals surface area contributed by atoms with Crippen LogP contribution < -0.4 is 5.32 Å². The van der Waals surface area contributed by atoms with Gasteiger partial charge in [-0.25, -0.2) is 4.98 Å². The van der Waals surface area contributed by atoms with Gasteiger partial charge in [0.1, 0.15) is 5.54 Å². The number of carbonyl (C=O) groups is 2. The number of likely N-dealkylation sites (tertiary alicyclic amines) is 1. The topological polar surface area (TPSA) is 100 Å².